The number of hydrogen-bond acceptors (Lipinski definition) is 4. The Balaban J connectivity index is 3.73. The highest BCUT2D eigenvalue weighted by Gasteiger charge is 2.08. The summed E-state index contributed by atoms with van der Waals surface area (Å²) < 4.78 is 0. The molecule has 0 aromatic rings. The average molecular weight is 128 g/mol. The van der Waals surface area contributed by atoms with Gasteiger partial charge >= 0.3 is 5.97 Å². The van der Waals surface area contributed by atoms with Gasteiger partial charge in [-0.2, -0.15) is 0 Å². The molecule has 0 unspecified atom stereocenters. The van der Waals surface area contributed by atoms with Gasteiger partial charge in [-0.15, -0.1) is 0 Å². The topological polar surface area (TPSA) is 46.3 Å². The van der Waals surface area contributed by atoms with E-state index in [0.29, 0.717) is 5.28 Å². The second-order valence-electron chi connectivity index (χ2n) is 1.09. The van der Waals surface area contributed by atoms with Gasteiger partial charge in [-0.3, -0.25) is 4.84 Å². The molecule has 0 aliphatic rings. The summed E-state index contributed by atoms with van der Waals surface area (Å²) in [4.78, 5) is 17.2. The number of carbonyl (C=O) groups is 1. The predicted octanol–water partition coefficient (Wildman–Crippen LogP) is 0.260. The maximum absolute atomic E-state index is 10.1. The first-order chi connectivity index (χ1) is 4.20. The molecule has 0 heterocycles. The molecular formula is C4H6N3O2+. The largest absolute Gasteiger partial charge is 0.338 e. The average Bonchev–Trinajstić information content (AvgIpc) is 1.82. The molecule has 0 aliphatic heterocycles. The zero-order chi connectivity index (χ0) is 7.28. The normalized spacial score (nSPS) is 7.11. The van der Waals surface area contributed by atoms with Gasteiger partial charge in [0.15, 0.2) is 6.57 Å². The molecule has 0 spiro atoms. The minimum atomic E-state index is -0.559. The Kier molecular flexibility index (Phi) is 2.84. The maximum atomic E-state index is 10.1. The summed E-state index contributed by atoms with van der Waals surface area (Å²) in [6.07, 6.45) is 0. The lowest BCUT2D eigenvalue weighted by molar-refractivity contribution is -0.175. The zero-order valence-electron chi connectivity index (χ0n) is 4.94. The van der Waals surface area contributed by atoms with Gasteiger partial charge in [0.2, 0.25) is 0 Å². The first-order valence-electron chi connectivity index (χ1n) is 2.07. The molecule has 0 saturated carbocycles. The van der Waals surface area contributed by atoms with E-state index in [1.807, 2.05) is 0 Å². The van der Waals surface area contributed by atoms with E-state index in [4.69, 9.17) is 0 Å². The van der Waals surface area contributed by atoms with Crippen molar-refractivity contribution in [3.8, 4) is 6.57 Å². The van der Waals surface area contributed by atoms with Gasteiger partial charge in [0, 0.05) is 6.92 Å². The minimum Gasteiger partial charge on any atom is -0.260 e. The Morgan fingerprint density at radius 1 is 2.00 bits per heavy atom. The summed E-state index contributed by atoms with van der Waals surface area (Å²) >= 11 is 0. The van der Waals surface area contributed by atoms with Crippen LogP contribution in [-0.2, 0) is 9.63 Å². The third kappa shape index (κ3) is 3.05. The Morgan fingerprint density at radius 2 is 2.56 bits per heavy atom. The molecule has 48 valence electrons. The Hall–Kier alpha value is -1.57. The van der Waals surface area contributed by atoms with Crippen LogP contribution in [0.4, 0.5) is 0 Å². The van der Waals surface area contributed by atoms with Crippen molar-refractivity contribution in [2.45, 2.75) is 6.92 Å². The van der Waals surface area contributed by atoms with Crippen LogP contribution in [-0.4, -0.2) is 18.0 Å². The molecular weight excluding hydrogens is 122 g/mol. The second-order valence-corrected chi connectivity index (χ2v) is 1.09. The van der Waals surface area contributed by atoms with Crippen LogP contribution < -0.4 is 0 Å². The Labute approximate surface area is 52.3 Å². The van der Waals surface area contributed by atoms with Crippen LogP contribution in [0.3, 0.4) is 0 Å². The first-order valence-corrected chi connectivity index (χ1v) is 2.07. The Bertz CT molecular complexity index is 160. The van der Waals surface area contributed by atoms with Crippen molar-refractivity contribution in [2.24, 2.45) is 5.10 Å². The van der Waals surface area contributed by atoms with Crippen LogP contribution in [0.25, 0.3) is 4.95 Å². The van der Waals surface area contributed by atoms with Crippen molar-refractivity contribution in [3.05, 3.63) is 4.95 Å². The lowest BCUT2D eigenvalue weighted by atomic mass is 10.8. The summed E-state index contributed by atoms with van der Waals surface area (Å²) in [6.45, 7) is 8.88. The van der Waals surface area contributed by atoms with Gasteiger partial charge in [-0.1, -0.05) is 0 Å². The van der Waals surface area contributed by atoms with E-state index in [1.54, 1.807) is 0 Å². The predicted molar refractivity (Wildman–Crippen MR) is 31.5 cm³/mol. The molecule has 0 aliphatic carbocycles. The number of nitrogens with zero attached hydrogens (tertiary/aromatic N) is 3. The number of hydrogen-bond donors (Lipinski definition) is 0. The SMILES string of the molecule is C#[N+]N(N=C)OC(C)=O. The smallest absolute Gasteiger partial charge is 0.260 e. The van der Waals surface area contributed by atoms with E-state index in [9.17, 15) is 4.79 Å². The van der Waals surface area contributed by atoms with Crippen molar-refractivity contribution >= 4 is 12.7 Å². The molecule has 0 aromatic carbocycles. The standard InChI is InChI=1S/C4H6N3O2/c1-4(8)9-7(5-2)6-3/h2H,3H2,1H3/q+1. The van der Waals surface area contributed by atoms with Gasteiger partial charge in [0.05, 0.1) is 5.10 Å². The van der Waals surface area contributed by atoms with E-state index in [2.05, 4.69) is 28.2 Å². The number of hydrazone groups is 1. The minimum absolute atomic E-state index is 0.516. The van der Waals surface area contributed by atoms with E-state index in [0.717, 1.165) is 0 Å². The highest BCUT2D eigenvalue weighted by Crippen LogP contribution is 1.89. The number of carbonyl (C=O) groups excluding carboxylic acids is 1. The third-order valence-electron chi connectivity index (χ3n) is 0.430. The van der Waals surface area contributed by atoms with Crippen LogP contribution in [0.5, 0.6) is 0 Å². The van der Waals surface area contributed by atoms with Crippen LogP contribution in [0, 0.1) is 6.57 Å². The summed E-state index contributed by atoms with van der Waals surface area (Å²) in [5.41, 5.74) is 0. The first kappa shape index (κ1) is 7.43. The molecule has 0 aromatic heterocycles. The Morgan fingerprint density at radius 3 is 2.67 bits per heavy atom. The third-order valence-corrected chi connectivity index (χ3v) is 0.430. The molecule has 9 heavy (non-hydrogen) atoms. The van der Waals surface area contributed by atoms with Crippen LogP contribution in [0.15, 0.2) is 5.10 Å². The molecule has 0 fully saturated rings. The van der Waals surface area contributed by atoms with Crippen molar-refractivity contribution in [1.29, 1.82) is 0 Å². The van der Waals surface area contributed by atoms with E-state index >= 15 is 0 Å². The quantitative estimate of drug-likeness (QED) is 0.396. The monoisotopic (exact) mass is 128 g/mol. The van der Waals surface area contributed by atoms with Gasteiger partial charge < -0.3 is 0 Å². The fourth-order valence-electron chi connectivity index (χ4n) is 0.204. The molecule has 0 radical (unpaired) electrons. The molecule has 0 atom stereocenters. The van der Waals surface area contributed by atoms with Crippen molar-refractivity contribution in [2.75, 3.05) is 0 Å². The van der Waals surface area contributed by atoms with Crippen LogP contribution >= 0.6 is 0 Å². The summed E-state index contributed by atoms with van der Waals surface area (Å²) in [5.74, 6) is -0.559. The summed E-state index contributed by atoms with van der Waals surface area (Å²) in [5, 5.41) is 3.61. The van der Waals surface area contributed by atoms with Crippen molar-refractivity contribution < 1.29 is 9.63 Å². The van der Waals surface area contributed by atoms with E-state index in [1.165, 1.54) is 6.92 Å². The molecule has 0 amide bonds. The highest BCUT2D eigenvalue weighted by molar-refractivity contribution is 5.65. The van der Waals surface area contributed by atoms with E-state index < -0.39 is 5.97 Å². The van der Waals surface area contributed by atoms with Crippen LogP contribution in [0.2, 0.25) is 0 Å². The molecule has 0 bridgehead atoms. The lowest BCUT2D eigenvalue weighted by Gasteiger charge is -1.92. The van der Waals surface area contributed by atoms with Gasteiger partial charge in [0.1, 0.15) is 6.72 Å². The molecule has 5 heteroatoms. The maximum Gasteiger partial charge on any atom is 0.338 e. The molecule has 0 rings (SSSR count). The second kappa shape index (κ2) is 3.43. The fourth-order valence-corrected chi connectivity index (χ4v) is 0.204. The van der Waals surface area contributed by atoms with Crippen molar-refractivity contribution in [3.63, 3.8) is 0 Å². The van der Waals surface area contributed by atoms with Gasteiger partial charge in [0.25, 0.3) is 5.28 Å². The zero-order valence-corrected chi connectivity index (χ0v) is 4.94. The molecule has 0 N–H and O–H groups in total. The lowest BCUT2D eigenvalue weighted by Crippen LogP contribution is -2.11. The highest BCUT2D eigenvalue weighted by atomic mass is 16.8. The van der Waals surface area contributed by atoms with Crippen LogP contribution in [0.1, 0.15) is 6.92 Å². The molecule has 0 saturated heterocycles. The number of rotatable bonds is 2. The molecule has 5 nitrogen and oxygen atoms in total. The summed E-state index contributed by atoms with van der Waals surface area (Å²) in [6, 6.07) is 0. The van der Waals surface area contributed by atoms with Gasteiger partial charge in [-0.05, 0) is 4.95 Å². The summed E-state index contributed by atoms with van der Waals surface area (Å²) in [7, 11) is 0. The van der Waals surface area contributed by atoms with E-state index in [-0.39, 0.29) is 0 Å². The fraction of sp³-hybridized carbons (Fsp3) is 0.250. The van der Waals surface area contributed by atoms with Gasteiger partial charge in [-0.25, -0.2) is 4.79 Å². The van der Waals surface area contributed by atoms with Crippen molar-refractivity contribution in [1.82, 2.24) is 5.28 Å².